The van der Waals surface area contributed by atoms with Crippen molar-refractivity contribution in [3.8, 4) is 16.9 Å². The number of carbonyl (C=O) groups excluding carboxylic acids is 3. The highest BCUT2D eigenvalue weighted by Crippen LogP contribution is 2.50. The first kappa shape index (κ1) is 30.0. The van der Waals surface area contributed by atoms with Crippen LogP contribution in [0.1, 0.15) is 91.9 Å². The minimum atomic E-state index is -1.23. The number of cyclic esters (lactones) is 1. The monoisotopic (exact) mass is 617 g/mol. The van der Waals surface area contributed by atoms with Crippen molar-refractivity contribution in [3.63, 3.8) is 0 Å². The van der Waals surface area contributed by atoms with Crippen LogP contribution < -0.4 is 15.4 Å². The molecular formula is C33H36ClN5O5. The molecule has 1 unspecified atom stereocenters. The molecule has 44 heavy (non-hydrogen) atoms. The van der Waals surface area contributed by atoms with Crippen LogP contribution in [-0.2, 0) is 21.6 Å². The molecule has 2 amide bonds. The number of halogens is 1. The fourth-order valence-electron chi connectivity index (χ4n) is 6.15. The van der Waals surface area contributed by atoms with Gasteiger partial charge < -0.3 is 15.2 Å². The highest BCUT2D eigenvalue weighted by molar-refractivity contribution is 6.29. The number of pyridine rings is 1. The van der Waals surface area contributed by atoms with Crippen LogP contribution in [0.2, 0.25) is 0 Å². The van der Waals surface area contributed by atoms with E-state index in [9.17, 15) is 14.4 Å². The third-order valence-electron chi connectivity index (χ3n) is 8.63. The average molecular weight is 618 g/mol. The molecule has 2 fully saturated rings. The summed E-state index contributed by atoms with van der Waals surface area (Å²) in [5.41, 5.74) is 6.95. The molecule has 1 aromatic heterocycles. The van der Waals surface area contributed by atoms with E-state index in [1.165, 1.54) is 11.1 Å². The Kier molecular flexibility index (Phi) is 7.39. The molecule has 2 aromatic rings. The third-order valence-corrected chi connectivity index (χ3v) is 8.73. The number of aromatic nitrogens is 1. The van der Waals surface area contributed by atoms with Gasteiger partial charge in [-0.3, -0.25) is 19.5 Å². The zero-order valence-electron chi connectivity index (χ0n) is 25.4. The van der Waals surface area contributed by atoms with E-state index in [0.29, 0.717) is 63.7 Å². The van der Waals surface area contributed by atoms with Crippen molar-refractivity contribution in [2.45, 2.75) is 77.4 Å². The molecule has 11 heteroatoms. The van der Waals surface area contributed by atoms with E-state index in [-0.39, 0.29) is 29.4 Å². The van der Waals surface area contributed by atoms with Crippen molar-refractivity contribution in [3.05, 3.63) is 51.9 Å². The average Bonchev–Trinajstić information content (AvgIpc) is 3.89. The molecule has 1 aromatic carbocycles. The molecule has 0 bridgehead atoms. The highest BCUT2D eigenvalue weighted by Gasteiger charge is 2.49. The topological polar surface area (TPSA) is 137 Å². The predicted molar refractivity (Wildman–Crippen MR) is 168 cm³/mol. The third kappa shape index (κ3) is 5.51. The van der Waals surface area contributed by atoms with E-state index in [4.69, 9.17) is 31.8 Å². The van der Waals surface area contributed by atoms with Crippen LogP contribution in [-0.4, -0.2) is 47.5 Å². The van der Waals surface area contributed by atoms with Crippen LogP contribution in [0, 0.1) is 11.8 Å². The fraction of sp³-hybridized carbons (Fsp3) is 0.455. The Bertz CT molecular complexity index is 1670. The lowest BCUT2D eigenvalue weighted by atomic mass is 9.86. The molecule has 1 atom stereocenters. The normalized spacial score (nSPS) is 22.7. The van der Waals surface area contributed by atoms with Gasteiger partial charge in [0.25, 0.3) is 11.8 Å². The first-order valence-electron chi connectivity index (χ1n) is 14.9. The van der Waals surface area contributed by atoms with E-state index in [1.54, 1.807) is 39.0 Å². The Morgan fingerprint density at radius 2 is 1.86 bits per heavy atom. The molecule has 0 saturated heterocycles. The second-order valence-corrected chi connectivity index (χ2v) is 13.5. The van der Waals surface area contributed by atoms with Crippen LogP contribution >= 0.6 is 11.6 Å². The summed E-state index contributed by atoms with van der Waals surface area (Å²) in [6.07, 6.45) is 7.00. The molecule has 3 heterocycles. The first-order valence-corrected chi connectivity index (χ1v) is 15.3. The summed E-state index contributed by atoms with van der Waals surface area (Å²) in [5, 5.41) is 0.452. The maximum Gasteiger partial charge on any atom is 0.341 e. The number of rotatable bonds is 9. The van der Waals surface area contributed by atoms with E-state index in [2.05, 4.69) is 16.7 Å². The molecule has 2 aliphatic carbocycles. The number of anilines is 1. The summed E-state index contributed by atoms with van der Waals surface area (Å²) < 4.78 is 12.3. The molecular weight excluding hydrogens is 582 g/mol. The van der Waals surface area contributed by atoms with Crippen LogP contribution in [0.25, 0.3) is 11.1 Å². The number of nitrogens with two attached hydrogens (primary N) is 1. The number of esters is 1. The zero-order chi connectivity index (χ0) is 31.6. The molecule has 0 spiro atoms. The lowest BCUT2D eigenvalue weighted by Crippen LogP contribution is -2.53. The van der Waals surface area contributed by atoms with Gasteiger partial charge in [0.2, 0.25) is 0 Å². The summed E-state index contributed by atoms with van der Waals surface area (Å²) in [7, 11) is 0. The van der Waals surface area contributed by atoms with E-state index in [0.717, 1.165) is 25.7 Å². The molecule has 6 rings (SSSR count). The molecule has 230 valence electrons. The minimum Gasteiger partial charge on any atom is -0.476 e. The van der Waals surface area contributed by atoms with Crippen LogP contribution in [0.3, 0.4) is 0 Å². The number of fused-ring (bicyclic) bond motifs is 2. The Morgan fingerprint density at radius 3 is 2.48 bits per heavy atom. The van der Waals surface area contributed by atoms with E-state index >= 15 is 0 Å². The lowest BCUT2D eigenvalue weighted by molar-refractivity contribution is -0.132. The van der Waals surface area contributed by atoms with Crippen molar-refractivity contribution in [1.29, 1.82) is 0 Å². The Balaban J connectivity index is 1.52. The molecule has 4 aliphatic rings. The van der Waals surface area contributed by atoms with Gasteiger partial charge in [-0.2, -0.15) is 0 Å². The quantitative estimate of drug-likeness (QED) is 0.218. The maximum atomic E-state index is 13.6. The summed E-state index contributed by atoms with van der Waals surface area (Å²) in [4.78, 5) is 55.0. The number of primary amides is 1. The van der Waals surface area contributed by atoms with Crippen molar-refractivity contribution in [1.82, 2.24) is 4.98 Å². The van der Waals surface area contributed by atoms with Crippen LogP contribution in [0.4, 0.5) is 5.69 Å². The molecule has 2 N–H and O–H groups in total. The lowest BCUT2D eigenvalue weighted by Gasteiger charge is -2.38. The summed E-state index contributed by atoms with van der Waals surface area (Å²) in [6, 6.07) is 5.22. The first-order chi connectivity index (χ1) is 20.8. The number of carbonyl (C=O) groups is 3. The minimum absolute atomic E-state index is 0.0245. The van der Waals surface area contributed by atoms with Crippen molar-refractivity contribution >= 4 is 47.6 Å². The summed E-state index contributed by atoms with van der Waals surface area (Å²) >= 11 is 5.95. The summed E-state index contributed by atoms with van der Waals surface area (Å²) in [6.45, 7) is 10.6. The summed E-state index contributed by atoms with van der Waals surface area (Å²) in [5.74, 6) is 0.0748. The van der Waals surface area contributed by atoms with Gasteiger partial charge in [-0.25, -0.2) is 14.8 Å². The molecule has 0 radical (unpaired) electrons. The second-order valence-electron chi connectivity index (χ2n) is 12.9. The van der Waals surface area contributed by atoms with Gasteiger partial charge in [-0.05, 0) is 89.6 Å². The van der Waals surface area contributed by atoms with Gasteiger partial charge >= 0.3 is 5.97 Å². The number of hydrogen-bond donors (Lipinski definition) is 1. The van der Waals surface area contributed by atoms with E-state index in [1.807, 2.05) is 6.92 Å². The highest BCUT2D eigenvalue weighted by atomic mass is 35.5. The molecule has 2 aliphatic heterocycles. The number of ether oxygens (including phenoxy) is 2. The zero-order valence-corrected chi connectivity index (χ0v) is 26.2. The predicted octanol–water partition coefficient (Wildman–Crippen LogP) is 5.69. The smallest absolute Gasteiger partial charge is 0.341 e. The van der Waals surface area contributed by atoms with Crippen molar-refractivity contribution in [2.75, 3.05) is 11.4 Å². The number of amidine groups is 1. The SMILES string of the molecule is C=NC(CN1C(=O)C(C)(C)Oc2cc(-c3c(C(N)=O)c(CC4CC4)nc4c3C(=O)OC4(C)CC3CC3)ccc21)=N/C=C(\C)Cl. The number of allylic oxidation sites excluding steroid dienone is 1. The van der Waals surface area contributed by atoms with Gasteiger partial charge in [0.05, 0.1) is 34.7 Å². The maximum absolute atomic E-state index is 13.6. The van der Waals surface area contributed by atoms with Gasteiger partial charge in [0.15, 0.2) is 11.2 Å². The number of amides is 2. The van der Waals surface area contributed by atoms with E-state index < -0.39 is 23.1 Å². The Labute approximate surface area is 261 Å². The molecule has 10 nitrogen and oxygen atoms in total. The van der Waals surface area contributed by atoms with Gasteiger partial charge in [0, 0.05) is 16.8 Å². The van der Waals surface area contributed by atoms with Crippen molar-refractivity contribution < 1.29 is 23.9 Å². The van der Waals surface area contributed by atoms with Crippen molar-refractivity contribution in [2.24, 2.45) is 27.6 Å². The number of nitrogens with zero attached hydrogens (tertiary/aromatic N) is 4. The fourth-order valence-corrected chi connectivity index (χ4v) is 6.20. The Hall–Kier alpha value is -4.05. The molecule has 2 saturated carbocycles. The standard InChI is InChI=1S/C33H36ClN5O5/c1-17(34)15-37-24(36-5)16-39-22-11-10-20(13-23(22)43-32(2,3)31(39)42)25-26(29(35)40)21(12-18-6-7-18)38-28-27(25)30(41)44-33(28,4)14-19-8-9-19/h10-11,13,15,18-19H,5-9,12,14,16H2,1-4H3,(H2,35,40)/b17-15+,37-24?. The largest absolute Gasteiger partial charge is 0.476 e. The number of benzene rings is 1. The van der Waals surface area contributed by atoms with Gasteiger partial charge in [-0.1, -0.05) is 30.5 Å². The van der Waals surface area contributed by atoms with Gasteiger partial charge in [0.1, 0.15) is 11.6 Å². The Morgan fingerprint density at radius 1 is 1.16 bits per heavy atom. The van der Waals surface area contributed by atoms with Crippen LogP contribution in [0.15, 0.2) is 39.4 Å². The second kappa shape index (κ2) is 10.8. The van der Waals surface area contributed by atoms with Gasteiger partial charge in [-0.15, -0.1) is 0 Å². The van der Waals surface area contributed by atoms with Crippen LogP contribution in [0.5, 0.6) is 5.75 Å². The number of aliphatic imine (C=N–C) groups is 2. The number of hydrogen-bond acceptors (Lipinski definition) is 7.